The van der Waals surface area contributed by atoms with Gasteiger partial charge in [0.1, 0.15) is 5.75 Å². The number of pyridine rings is 1. The van der Waals surface area contributed by atoms with Gasteiger partial charge in [-0.15, -0.1) is 0 Å². The van der Waals surface area contributed by atoms with Gasteiger partial charge in [-0.1, -0.05) is 25.1 Å². The number of nitrogens with zero attached hydrogens (tertiary/aromatic N) is 1. The Kier molecular flexibility index (Phi) is 4.82. The Morgan fingerprint density at radius 2 is 2.00 bits per heavy atom. The molecule has 0 unspecified atom stereocenters. The highest BCUT2D eigenvalue weighted by Gasteiger charge is 2.01. The predicted molar refractivity (Wildman–Crippen MR) is 81.0 cm³/mol. The topological polar surface area (TPSA) is 57.2 Å². The van der Waals surface area contributed by atoms with Crippen molar-refractivity contribution in [2.45, 2.75) is 26.3 Å². The van der Waals surface area contributed by atoms with Crippen LogP contribution < -0.4 is 16.0 Å². The van der Waals surface area contributed by atoms with Gasteiger partial charge in [0, 0.05) is 24.5 Å². The average Bonchev–Trinajstić information content (AvgIpc) is 2.47. The van der Waals surface area contributed by atoms with E-state index in [0.29, 0.717) is 18.8 Å². The molecule has 0 spiro atoms. The molecule has 0 saturated carbocycles. The van der Waals surface area contributed by atoms with Gasteiger partial charge in [-0.25, -0.2) is 0 Å². The molecule has 0 atom stereocenters. The van der Waals surface area contributed by atoms with Crippen molar-refractivity contribution >= 4 is 5.69 Å². The Hall–Kier alpha value is -2.23. The third kappa shape index (κ3) is 3.63. The van der Waals surface area contributed by atoms with E-state index in [2.05, 4.69) is 13.0 Å². The first kappa shape index (κ1) is 14.2. The van der Waals surface area contributed by atoms with Crippen LogP contribution in [0.4, 0.5) is 5.69 Å². The SMILES string of the molecule is CCc1ccccc1OCCCn1cc(N)ccc1=O. The quantitative estimate of drug-likeness (QED) is 0.822. The number of benzene rings is 1. The molecule has 0 bridgehead atoms. The molecule has 106 valence electrons. The molecule has 4 heteroatoms. The average molecular weight is 272 g/mol. The third-order valence-electron chi connectivity index (χ3n) is 3.16. The molecule has 0 radical (unpaired) electrons. The molecular weight excluding hydrogens is 252 g/mol. The molecule has 4 nitrogen and oxygen atoms in total. The van der Waals surface area contributed by atoms with Gasteiger partial charge in [-0.2, -0.15) is 0 Å². The fourth-order valence-corrected chi connectivity index (χ4v) is 2.08. The van der Waals surface area contributed by atoms with E-state index in [1.165, 1.54) is 11.6 Å². The molecule has 0 aliphatic rings. The van der Waals surface area contributed by atoms with E-state index in [1.54, 1.807) is 16.8 Å². The molecule has 1 heterocycles. The summed E-state index contributed by atoms with van der Waals surface area (Å²) in [5.74, 6) is 0.926. The number of hydrogen-bond acceptors (Lipinski definition) is 3. The van der Waals surface area contributed by atoms with Crippen LogP contribution in [0, 0.1) is 0 Å². The van der Waals surface area contributed by atoms with E-state index < -0.39 is 0 Å². The lowest BCUT2D eigenvalue weighted by molar-refractivity contribution is 0.298. The van der Waals surface area contributed by atoms with Gasteiger partial charge >= 0.3 is 0 Å². The van der Waals surface area contributed by atoms with Gasteiger partial charge < -0.3 is 15.0 Å². The number of nitrogens with two attached hydrogens (primary N) is 1. The first-order valence-corrected chi connectivity index (χ1v) is 6.87. The number of aromatic nitrogens is 1. The van der Waals surface area contributed by atoms with Crippen molar-refractivity contribution in [2.75, 3.05) is 12.3 Å². The van der Waals surface area contributed by atoms with Gasteiger partial charge in [0.15, 0.2) is 0 Å². The largest absolute Gasteiger partial charge is 0.493 e. The lowest BCUT2D eigenvalue weighted by atomic mass is 10.1. The van der Waals surface area contributed by atoms with E-state index in [0.717, 1.165) is 18.6 Å². The summed E-state index contributed by atoms with van der Waals surface area (Å²) in [6.07, 6.45) is 3.38. The van der Waals surface area contributed by atoms with E-state index >= 15 is 0 Å². The molecule has 1 aromatic heterocycles. The number of hydrogen-bond donors (Lipinski definition) is 1. The van der Waals surface area contributed by atoms with Crippen LogP contribution in [0.15, 0.2) is 47.4 Å². The number of ether oxygens (including phenoxy) is 1. The van der Waals surface area contributed by atoms with Gasteiger partial charge in [0.05, 0.1) is 6.61 Å². The van der Waals surface area contributed by atoms with Crippen LogP contribution in [0.25, 0.3) is 0 Å². The minimum Gasteiger partial charge on any atom is -0.493 e. The maximum atomic E-state index is 11.6. The normalized spacial score (nSPS) is 10.4. The van der Waals surface area contributed by atoms with Crippen molar-refractivity contribution in [2.24, 2.45) is 0 Å². The summed E-state index contributed by atoms with van der Waals surface area (Å²) in [5, 5.41) is 0. The first-order valence-electron chi connectivity index (χ1n) is 6.87. The Morgan fingerprint density at radius 1 is 1.20 bits per heavy atom. The predicted octanol–water partition coefficient (Wildman–Crippen LogP) is 2.46. The fraction of sp³-hybridized carbons (Fsp3) is 0.312. The monoisotopic (exact) mass is 272 g/mol. The van der Waals surface area contributed by atoms with Crippen molar-refractivity contribution in [3.63, 3.8) is 0 Å². The lowest BCUT2D eigenvalue weighted by Gasteiger charge is -2.11. The maximum Gasteiger partial charge on any atom is 0.250 e. The highest BCUT2D eigenvalue weighted by Crippen LogP contribution is 2.18. The Bertz CT molecular complexity index is 620. The summed E-state index contributed by atoms with van der Waals surface area (Å²) in [6, 6.07) is 11.1. The molecule has 1 aromatic carbocycles. The third-order valence-corrected chi connectivity index (χ3v) is 3.16. The molecule has 2 aromatic rings. The summed E-state index contributed by atoms with van der Waals surface area (Å²) in [4.78, 5) is 11.6. The van der Waals surface area contributed by atoms with Crippen LogP contribution in [0.3, 0.4) is 0 Å². The number of para-hydroxylation sites is 1. The van der Waals surface area contributed by atoms with Gasteiger partial charge in [0.25, 0.3) is 5.56 Å². The van der Waals surface area contributed by atoms with E-state index in [4.69, 9.17) is 10.5 Å². The standard InChI is InChI=1S/C16H20N2O2/c1-2-13-6-3-4-7-15(13)20-11-5-10-18-12-14(17)8-9-16(18)19/h3-4,6-9,12H,2,5,10-11,17H2,1H3. The van der Waals surface area contributed by atoms with Crippen molar-refractivity contribution in [1.29, 1.82) is 0 Å². The molecule has 0 amide bonds. The van der Waals surface area contributed by atoms with Crippen molar-refractivity contribution in [3.8, 4) is 5.75 Å². The number of aryl methyl sites for hydroxylation is 2. The molecule has 2 N–H and O–H groups in total. The highest BCUT2D eigenvalue weighted by molar-refractivity contribution is 5.33. The van der Waals surface area contributed by atoms with Crippen LogP contribution in [0.5, 0.6) is 5.75 Å². The maximum absolute atomic E-state index is 11.6. The summed E-state index contributed by atoms with van der Waals surface area (Å²) in [5.41, 5.74) is 7.44. The van der Waals surface area contributed by atoms with Crippen LogP contribution in [-0.2, 0) is 13.0 Å². The molecule has 20 heavy (non-hydrogen) atoms. The van der Waals surface area contributed by atoms with E-state index in [-0.39, 0.29) is 5.56 Å². The van der Waals surface area contributed by atoms with Crippen molar-refractivity contribution < 1.29 is 4.74 Å². The minimum atomic E-state index is -0.0341. The Labute approximate surface area is 118 Å². The zero-order valence-corrected chi connectivity index (χ0v) is 11.7. The number of nitrogen functional groups attached to an aromatic ring is 1. The molecule has 2 rings (SSSR count). The molecule has 0 aliphatic heterocycles. The summed E-state index contributed by atoms with van der Waals surface area (Å²) in [7, 11) is 0. The smallest absolute Gasteiger partial charge is 0.250 e. The molecule has 0 aliphatic carbocycles. The van der Waals surface area contributed by atoms with Crippen LogP contribution >= 0.6 is 0 Å². The second-order valence-electron chi connectivity index (χ2n) is 4.66. The van der Waals surface area contributed by atoms with Crippen molar-refractivity contribution in [3.05, 3.63) is 58.5 Å². The number of anilines is 1. The van der Waals surface area contributed by atoms with Gasteiger partial charge in [-0.3, -0.25) is 4.79 Å². The zero-order valence-electron chi connectivity index (χ0n) is 11.7. The van der Waals surface area contributed by atoms with Crippen molar-refractivity contribution in [1.82, 2.24) is 4.57 Å². The van der Waals surface area contributed by atoms with E-state index in [9.17, 15) is 4.79 Å². The number of rotatable bonds is 6. The molecule has 0 fully saturated rings. The lowest BCUT2D eigenvalue weighted by Crippen LogP contribution is -2.20. The highest BCUT2D eigenvalue weighted by atomic mass is 16.5. The Morgan fingerprint density at radius 3 is 2.80 bits per heavy atom. The van der Waals surface area contributed by atoms with Crippen LogP contribution in [0.1, 0.15) is 18.9 Å². The van der Waals surface area contributed by atoms with Gasteiger partial charge in [-0.05, 0) is 30.5 Å². The summed E-state index contributed by atoms with van der Waals surface area (Å²) < 4.78 is 7.39. The van der Waals surface area contributed by atoms with Gasteiger partial charge in [0.2, 0.25) is 0 Å². The van der Waals surface area contributed by atoms with E-state index in [1.807, 2.05) is 18.2 Å². The molecular formula is C16H20N2O2. The summed E-state index contributed by atoms with van der Waals surface area (Å²) >= 11 is 0. The Balaban J connectivity index is 1.87. The minimum absolute atomic E-state index is 0.0341. The molecule has 0 saturated heterocycles. The zero-order chi connectivity index (χ0) is 14.4. The van der Waals surface area contributed by atoms with Crippen LogP contribution in [-0.4, -0.2) is 11.2 Å². The van der Waals surface area contributed by atoms with Crippen LogP contribution in [0.2, 0.25) is 0 Å². The second-order valence-corrected chi connectivity index (χ2v) is 4.66. The second kappa shape index (κ2) is 6.80. The fourth-order valence-electron chi connectivity index (χ4n) is 2.08. The first-order chi connectivity index (χ1) is 9.70. The summed E-state index contributed by atoms with van der Waals surface area (Å²) in [6.45, 7) is 3.30.